The number of hydrogen-bond acceptors (Lipinski definition) is 15. The van der Waals surface area contributed by atoms with E-state index in [0.717, 1.165) is 108 Å². The molecule has 8 atom stereocenters. The van der Waals surface area contributed by atoms with E-state index in [1.807, 2.05) is 111 Å². The third-order valence-corrected chi connectivity index (χ3v) is 17.6. The first-order valence-corrected chi connectivity index (χ1v) is 36.5. The van der Waals surface area contributed by atoms with Crippen molar-refractivity contribution in [3.63, 3.8) is 0 Å². The molecule has 19 heteroatoms. The van der Waals surface area contributed by atoms with E-state index < -0.39 is 24.4 Å². The van der Waals surface area contributed by atoms with Crippen LogP contribution in [0, 0.1) is 51.9 Å². The number of hydrogen-bond donors (Lipinski definition) is 8. The molecule has 0 aliphatic carbocycles. The fourth-order valence-corrected chi connectivity index (χ4v) is 10.1. The van der Waals surface area contributed by atoms with Crippen molar-refractivity contribution in [2.75, 3.05) is 11.9 Å². The summed E-state index contributed by atoms with van der Waals surface area (Å²) in [5.41, 5.74) is 11.1. The summed E-state index contributed by atoms with van der Waals surface area (Å²) in [6, 6.07) is 57.0. The first-order chi connectivity index (χ1) is 48.3. The van der Waals surface area contributed by atoms with Crippen molar-refractivity contribution in [2.45, 2.75) is 198 Å². The minimum Gasteiger partial charge on any atom is -1.00 e. The molecule has 572 valence electrons. The number of carbonyl (C=O) groups excluding carboxylic acids is 1. The summed E-state index contributed by atoms with van der Waals surface area (Å²) in [5, 5.41) is 86.2. The van der Waals surface area contributed by atoms with Gasteiger partial charge in [0.2, 0.25) is 0 Å². The second-order valence-electron chi connectivity index (χ2n) is 26.4. The van der Waals surface area contributed by atoms with Gasteiger partial charge in [0.05, 0.1) is 31.0 Å². The summed E-state index contributed by atoms with van der Waals surface area (Å²) in [6.45, 7) is 28.1. The van der Waals surface area contributed by atoms with Crippen LogP contribution in [0.25, 0.3) is 0 Å². The van der Waals surface area contributed by atoms with Gasteiger partial charge in [0.25, 0.3) is 6.47 Å². The van der Waals surface area contributed by atoms with Crippen molar-refractivity contribution in [1.29, 1.82) is 0 Å². The molecule has 1 saturated heterocycles. The number of aliphatic hydroxyl groups is 4. The van der Waals surface area contributed by atoms with Gasteiger partial charge in [-0.2, -0.15) is 0 Å². The summed E-state index contributed by atoms with van der Waals surface area (Å²) in [6.07, 6.45) is 7.81. The van der Waals surface area contributed by atoms with Gasteiger partial charge in [-0.05, 0) is 205 Å². The summed E-state index contributed by atoms with van der Waals surface area (Å²) in [5.74, 6) is 5.18. The molecule has 15 nitrogen and oxygen atoms in total. The van der Waals surface area contributed by atoms with E-state index in [4.69, 9.17) is 29.0 Å². The zero-order valence-electron chi connectivity index (χ0n) is 65.8. The molecule has 8 aromatic rings. The number of ether oxygens (including phenoxy) is 4. The van der Waals surface area contributed by atoms with Gasteiger partial charge >= 0.3 is 103 Å². The molecule has 0 bridgehead atoms. The second-order valence-corrected chi connectivity index (χ2v) is 27.1. The van der Waals surface area contributed by atoms with E-state index in [1.54, 1.807) is 0 Å². The Labute approximate surface area is 737 Å². The van der Waals surface area contributed by atoms with Gasteiger partial charge in [0.15, 0.2) is 0 Å². The average molecular weight is 1660 g/mol. The normalized spacial score (nSPS) is 13.3. The molecule has 9 rings (SSSR count). The van der Waals surface area contributed by atoms with Crippen LogP contribution in [-0.4, -0.2) is 59.3 Å². The van der Waals surface area contributed by atoms with E-state index >= 15 is 0 Å². The number of phenols is 4. The second kappa shape index (κ2) is 59.8. The Kier molecular flexibility index (Phi) is 58.7. The fraction of sp³-hybridized carbons (Fsp3) is 0.419. The number of halogens is 1. The standard InChI is InChI=1S/C21H28O2.C16H17BrO2.C16H16O2.2C13H20O3.C5H12.CH2O3.CH3.2K.Pd.H/c1-4-16(2)10-11-21(22)19-12-17(3)13-20(14-19)23-15-18-8-6-5-7-9-18;1-12-7-14(16(18)10-17)9-15(8-12)19-11-13-5-3-2-4-6-13;1-12-7-14(16-11-18-16)9-15(8-12)17-10-13-5-3-2-4-6-13;2*1-3-9(2)4-5-13(16)10-6-11(14)8-12(15)7-10;1-4-5(2)3;2-1-4-3;;;;;/h5-9,12-14,16,21-22H,4,10-11,15H2,1-3H3;2-9,16,18H,10-11H2,1H3;2-9,16H,10-11H2,1H3;2*6-9,13-16H,3-5H2,1-2H3;5H,4H2,1-3H3;1,3H;1H3;;;;/q;;;;;;;-1;2*+1;;-1/p-1. The molecule has 8 aromatic carbocycles. The van der Waals surface area contributed by atoms with Crippen molar-refractivity contribution in [1.82, 2.24) is 0 Å². The molecule has 0 saturated carbocycles. The van der Waals surface area contributed by atoms with E-state index in [9.17, 15) is 40.9 Å². The van der Waals surface area contributed by atoms with Gasteiger partial charge in [0.1, 0.15) is 66.2 Å². The number of benzene rings is 8. The predicted octanol–water partition coefficient (Wildman–Crippen LogP) is 14.1. The van der Waals surface area contributed by atoms with Gasteiger partial charge in [0, 0.05) is 37.9 Å². The van der Waals surface area contributed by atoms with E-state index in [-0.39, 0.29) is 168 Å². The maximum atomic E-state index is 10.4. The van der Waals surface area contributed by atoms with Crippen molar-refractivity contribution in [3.8, 4) is 40.2 Å². The van der Waals surface area contributed by atoms with Crippen LogP contribution in [0.15, 0.2) is 182 Å². The summed E-state index contributed by atoms with van der Waals surface area (Å²) in [7, 11) is 0. The minimum absolute atomic E-state index is 0. The molecule has 0 spiro atoms. The van der Waals surface area contributed by atoms with Crippen LogP contribution in [0.4, 0.5) is 0 Å². The number of rotatable bonds is 29. The Morgan fingerprint density at radius 1 is 0.457 bits per heavy atom. The summed E-state index contributed by atoms with van der Waals surface area (Å²) in [4.78, 5) is 11.2. The monoisotopic (exact) mass is 1650 g/mol. The molecule has 1 aliphatic heterocycles. The predicted molar refractivity (Wildman–Crippen MR) is 414 cm³/mol. The van der Waals surface area contributed by atoms with Gasteiger partial charge in [-0.3, -0.25) is 4.79 Å². The van der Waals surface area contributed by atoms with Crippen molar-refractivity contribution in [3.05, 3.63) is 251 Å². The first kappa shape index (κ1) is 103. The van der Waals surface area contributed by atoms with Crippen LogP contribution in [0.3, 0.4) is 0 Å². The van der Waals surface area contributed by atoms with E-state index in [0.29, 0.717) is 66.9 Å². The summed E-state index contributed by atoms with van der Waals surface area (Å²) < 4.78 is 22.8. The van der Waals surface area contributed by atoms with Gasteiger partial charge in [-0.25, -0.2) is 0 Å². The number of aliphatic hydroxyl groups excluding tert-OH is 4. The average Bonchev–Trinajstić information content (AvgIpc) is 1.60. The number of carbonyl (C=O) groups is 1. The van der Waals surface area contributed by atoms with Gasteiger partial charge < -0.3 is 78.8 Å². The molecule has 1 fully saturated rings. The number of aryl methyl sites for hydroxylation is 3. The first-order valence-electron chi connectivity index (χ1n) is 35.3. The van der Waals surface area contributed by atoms with Gasteiger partial charge in [-0.1, -0.05) is 213 Å². The van der Waals surface area contributed by atoms with Crippen molar-refractivity contribution >= 4 is 22.4 Å². The Bertz CT molecular complexity index is 3420. The molecule has 0 aromatic heterocycles. The fourth-order valence-electron chi connectivity index (χ4n) is 9.76. The topological polar surface area (TPSA) is 251 Å². The maximum absolute atomic E-state index is 10.4. The largest absolute Gasteiger partial charge is 1.00 e. The molecule has 1 heterocycles. The van der Waals surface area contributed by atoms with E-state index in [2.05, 4.69) is 139 Å². The Hall–Kier alpha value is -3.99. The van der Waals surface area contributed by atoms with Crippen LogP contribution < -0.4 is 122 Å². The van der Waals surface area contributed by atoms with Gasteiger partial charge in [-0.15, -0.1) is 0 Å². The smallest absolute Gasteiger partial charge is 1.00 e. The quantitative estimate of drug-likeness (QED) is 0.00413. The SMILES string of the molecule is CCC(C)C.CCC(C)CCC(O)c1cc(C)cc(OCc2ccccc2)c1.CCC(C)CCC(O)c1cc(O)cc(O)c1.CCC(C)CCC(O)c1cc(O)cc(O)c1.Cc1cc(OCc2ccccc2)cc(C(O)CBr)c1.Cc1cc(OCc2ccccc2)cc(C2CO2)c1.O=CO[O-].[CH3-].[H-].[K+].[K+].[Pd]. The minimum atomic E-state index is -0.619. The Morgan fingerprint density at radius 3 is 1.00 bits per heavy atom. The molecule has 8 N–H and O–H groups in total. The molecular formula is C86H118BrK2O15Pd-. The van der Waals surface area contributed by atoms with E-state index in [1.165, 1.54) is 59.5 Å². The van der Waals surface area contributed by atoms with Crippen LogP contribution >= 0.6 is 15.9 Å². The van der Waals surface area contributed by atoms with Crippen molar-refractivity contribution < 1.29 is 199 Å². The van der Waals surface area contributed by atoms with Crippen LogP contribution in [0.1, 0.15) is 220 Å². The third kappa shape index (κ3) is 46.3. The zero-order chi connectivity index (χ0) is 74.7. The zero-order valence-corrected chi connectivity index (χ0v) is 74.2. The molecule has 0 amide bonds. The summed E-state index contributed by atoms with van der Waals surface area (Å²) >= 11 is 3.29. The molecular weight excluding hydrogens is 1540 g/mol. The Morgan fingerprint density at radius 2 is 0.733 bits per heavy atom. The molecule has 8 unspecified atom stereocenters. The number of epoxide rings is 1. The molecule has 0 radical (unpaired) electrons. The third-order valence-electron chi connectivity index (χ3n) is 16.9. The number of phenolic OH excluding ortho intramolecular Hbond substituents is 4. The molecule has 105 heavy (non-hydrogen) atoms. The number of aromatic hydroxyl groups is 4. The Balaban J connectivity index is -0.00000121. The van der Waals surface area contributed by atoms with Crippen LogP contribution in [0.5, 0.6) is 40.2 Å². The van der Waals surface area contributed by atoms with Crippen LogP contribution in [0.2, 0.25) is 0 Å². The van der Waals surface area contributed by atoms with Crippen LogP contribution in [-0.2, 0) is 54.7 Å². The number of alkyl halides is 1. The molecule has 1 aliphatic rings. The van der Waals surface area contributed by atoms with Crippen molar-refractivity contribution in [2.24, 2.45) is 23.7 Å². The maximum Gasteiger partial charge on any atom is 1.00 e.